The van der Waals surface area contributed by atoms with Crippen LogP contribution < -0.4 is 0 Å². The van der Waals surface area contributed by atoms with Crippen molar-refractivity contribution >= 4 is 17.9 Å². The zero-order chi connectivity index (χ0) is 45.8. The summed E-state index contributed by atoms with van der Waals surface area (Å²) in [5.74, 6) is -0.947. The molecule has 6 heteroatoms. The molecular weight excluding hydrogens is 781 g/mol. The summed E-state index contributed by atoms with van der Waals surface area (Å²) in [6.07, 6.45) is 65.6. The van der Waals surface area contributed by atoms with E-state index in [0.29, 0.717) is 19.3 Å². The third-order valence-corrected chi connectivity index (χ3v) is 10.9. The number of rotatable bonds is 46. The standard InChI is InChI=1S/C57H96O6/c1-4-7-10-13-16-19-22-25-27-28-29-30-31-33-35-38-41-44-47-50-56(59)62-53-54(52-61-55(58)49-46-43-40-37-34-24-21-18-15-12-9-6-3)63-57(60)51-48-45-42-39-36-32-26-23-20-17-14-11-8-5-2/h7,10,16,18-19,21,23,25-27,29-30,33,35,54H,4-6,8-9,11-15,17,20,22,24,28,31-32,34,36-53H2,1-3H3/b10-7-,19-16-,21-18-,26-23-,27-25-,30-29-,35-33-/t54-/m1/s1. The van der Waals surface area contributed by atoms with Crippen LogP contribution in [-0.2, 0) is 28.6 Å². The summed E-state index contributed by atoms with van der Waals surface area (Å²) in [7, 11) is 0. The van der Waals surface area contributed by atoms with E-state index in [1.54, 1.807) is 0 Å². The van der Waals surface area contributed by atoms with Crippen molar-refractivity contribution in [3.05, 3.63) is 85.1 Å². The maximum absolute atomic E-state index is 12.8. The Bertz CT molecular complexity index is 1240. The number of hydrogen-bond acceptors (Lipinski definition) is 6. The lowest BCUT2D eigenvalue weighted by atomic mass is 10.1. The molecule has 0 rings (SSSR count). The summed E-state index contributed by atoms with van der Waals surface area (Å²) < 4.78 is 16.8. The Labute approximate surface area is 388 Å². The monoisotopic (exact) mass is 877 g/mol. The minimum Gasteiger partial charge on any atom is -0.462 e. The number of allylic oxidation sites excluding steroid dienone is 14. The molecule has 0 spiro atoms. The Kier molecular flexibility index (Phi) is 48.5. The van der Waals surface area contributed by atoms with E-state index in [1.165, 1.54) is 83.5 Å². The molecule has 0 amide bonds. The first-order valence-electron chi connectivity index (χ1n) is 26.1. The van der Waals surface area contributed by atoms with Crippen LogP contribution in [0.1, 0.15) is 239 Å². The van der Waals surface area contributed by atoms with Crippen LogP contribution in [-0.4, -0.2) is 37.2 Å². The van der Waals surface area contributed by atoms with E-state index >= 15 is 0 Å². The quantitative estimate of drug-likeness (QED) is 0.0262. The van der Waals surface area contributed by atoms with Gasteiger partial charge in [-0.25, -0.2) is 0 Å². The van der Waals surface area contributed by atoms with Gasteiger partial charge < -0.3 is 14.2 Å². The second-order valence-corrected chi connectivity index (χ2v) is 17.0. The molecule has 0 fully saturated rings. The van der Waals surface area contributed by atoms with E-state index in [0.717, 1.165) is 116 Å². The van der Waals surface area contributed by atoms with E-state index in [1.807, 2.05) is 0 Å². The molecule has 0 aliphatic carbocycles. The van der Waals surface area contributed by atoms with Crippen LogP contribution in [0.25, 0.3) is 0 Å². The SMILES string of the molecule is CC/C=C\C/C=C\C/C=C\C/C=C\C/C=C\CCCCCC(=O)OC[C@@H](COC(=O)CCCCCCC/C=C\CCCCC)OC(=O)CCCCCCC/C=C\CCCCCCC. The fraction of sp³-hybridized carbons (Fsp3) is 0.702. The van der Waals surface area contributed by atoms with Crippen molar-refractivity contribution in [2.45, 2.75) is 245 Å². The second kappa shape index (κ2) is 51.2. The molecule has 0 unspecified atom stereocenters. The predicted molar refractivity (Wildman–Crippen MR) is 270 cm³/mol. The van der Waals surface area contributed by atoms with Crippen molar-refractivity contribution in [2.24, 2.45) is 0 Å². The minimum absolute atomic E-state index is 0.0953. The highest BCUT2D eigenvalue weighted by atomic mass is 16.6. The highest BCUT2D eigenvalue weighted by Gasteiger charge is 2.19. The van der Waals surface area contributed by atoms with E-state index in [4.69, 9.17) is 14.2 Å². The molecule has 360 valence electrons. The molecule has 63 heavy (non-hydrogen) atoms. The van der Waals surface area contributed by atoms with Gasteiger partial charge in [-0.05, 0) is 116 Å². The van der Waals surface area contributed by atoms with Crippen molar-refractivity contribution in [3.63, 3.8) is 0 Å². The maximum atomic E-state index is 12.8. The van der Waals surface area contributed by atoms with Crippen molar-refractivity contribution in [1.29, 1.82) is 0 Å². The summed E-state index contributed by atoms with van der Waals surface area (Å²) in [5, 5.41) is 0. The Morgan fingerprint density at radius 2 is 0.619 bits per heavy atom. The smallest absolute Gasteiger partial charge is 0.306 e. The van der Waals surface area contributed by atoms with Gasteiger partial charge in [-0.1, -0.05) is 189 Å². The number of carbonyl (C=O) groups is 3. The molecule has 0 aromatic carbocycles. The zero-order valence-corrected chi connectivity index (χ0v) is 41.1. The van der Waals surface area contributed by atoms with Gasteiger partial charge in [0.1, 0.15) is 13.2 Å². The molecular formula is C57H96O6. The third-order valence-electron chi connectivity index (χ3n) is 10.9. The van der Waals surface area contributed by atoms with Crippen LogP contribution in [0.5, 0.6) is 0 Å². The first kappa shape index (κ1) is 59.6. The number of esters is 3. The predicted octanol–water partition coefficient (Wildman–Crippen LogP) is 17.2. The Morgan fingerprint density at radius 1 is 0.333 bits per heavy atom. The number of unbranched alkanes of at least 4 members (excludes halogenated alkanes) is 21. The van der Waals surface area contributed by atoms with E-state index in [2.05, 4.69) is 106 Å². The second-order valence-electron chi connectivity index (χ2n) is 17.0. The third kappa shape index (κ3) is 49.5. The molecule has 0 N–H and O–H groups in total. The van der Waals surface area contributed by atoms with Crippen molar-refractivity contribution in [2.75, 3.05) is 13.2 Å². The average Bonchev–Trinajstić information content (AvgIpc) is 3.28. The molecule has 6 nitrogen and oxygen atoms in total. The first-order chi connectivity index (χ1) is 31.0. The number of hydrogen-bond donors (Lipinski definition) is 0. The Morgan fingerprint density at radius 3 is 1.03 bits per heavy atom. The van der Waals surface area contributed by atoms with Crippen molar-refractivity contribution in [1.82, 2.24) is 0 Å². The van der Waals surface area contributed by atoms with E-state index < -0.39 is 6.10 Å². The Hall–Kier alpha value is -3.41. The molecule has 1 atom stereocenters. The van der Waals surface area contributed by atoms with Crippen LogP contribution >= 0.6 is 0 Å². The fourth-order valence-corrected chi connectivity index (χ4v) is 6.93. The van der Waals surface area contributed by atoms with Crippen LogP contribution in [0, 0.1) is 0 Å². The topological polar surface area (TPSA) is 78.9 Å². The molecule has 0 saturated carbocycles. The summed E-state index contributed by atoms with van der Waals surface area (Å²) in [6, 6.07) is 0. The highest BCUT2D eigenvalue weighted by molar-refractivity contribution is 5.71. The first-order valence-corrected chi connectivity index (χ1v) is 26.1. The Balaban J connectivity index is 4.45. The summed E-state index contributed by atoms with van der Waals surface area (Å²) in [4.78, 5) is 38.0. The fourth-order valence-electron chi connectivity index (χ4n) is 6.93. The summed E-state index contributed by atoms with van der Waals surface area (Å²) in [6.45, 7) is 6.44. The summed E-state index contributed by atoms with van der Waals surface area (Å²) >= 11 is 0. The van der Waals surface area contributed by atoms with Crippen LogP contribution in [0.2, 0.25) is 0 Å². The zero-order valence-electron chi connectivity index (χ0n) is 41.1. The van der Waals surface area contributed by atoms with Crippen LogP contribution in [0.3, 0.4) is 0 Å². The van der Waals surface area contributed by atoms with Crippen LogP contribution in [0.15, 0.2) is 85.1 Å². The highest BCUT2D eigenvalue weighted by Crippen LogP contribution is 2.13. The molecule has 0 saturated heterocycles. The maximum Gasteiger partial charge on any atom is 0.306 e. The summed E-state index contributed by atoms with van der Waals surface area (Å²) in [5.41, 5.74) is 0. The van der Waals surface area contributed by atoms with Gasteiger partial charge in [-0.2, -0.15) is 0 Å². The van der Waals surface area contributed by atoms with Gasteiger partial charge in [0.05, 0.1) is 0 Å². The van der Waals surface area contributed by atoms with Crippen LogP contribution in [0.4, 0.5) is 0 Å². The van der Waals surface area contributed by atoms with E-state index in [9.17, 15) is 14.4 Å². The van der Waals surface area contributed by atoms with Gasteiger partial charge in [-0.3, -0.25) is 14.4 Å². The molecule has 0 aromatic rings. The van der Waals surface area contributed by atoms with Gasteiger partial charge in [0.2, 0.25) is 0 Å². The van der Waals surface area contributed by atoms with Gasteiger partial charge in [0.25, 0.3) is 0 Å². The molecule has 0 aromatic heterocycles. The van der Waals surface area contributed by atoms with Crippen molar-refractivity contribution in [3.8, 4) is 0 Å². The molecule has 0 heterocycles. The molecule has 0 radical (unpaired) electrons. The molecule has 0 bridgehead atoms. The molecule has 0 aliphatic heterocycles. The number of ether oxygens (including phenoxy) is 3. The van der Waals surface area contributed by atoms with Gasteiger partial charge in [-0.15, -0.1) is 0 Å². The lowest BCUT2D eigenvalue weighted by Gasteiger charge is -2.18. The van der Waals surface area contributed by atoms with Gasteiger partial charge >= 0.3 is 17.9 Å². The largest absolute Gasteiger partial charge is 0.462 e. The lowest BCUT2D eigenvalue weighted by molar-refractivity contribution is -0.167. The normalized spacial score (nSPS) is 12.7. The minimum atomic E-state index is -0.797. The average molecular weight is 877 g/mol. The van der Waals surface area contributed by atoms with Gasteiger partial charge in [0.15, 0.2) is 6.10 Å². The van der Waals surface area contributed by atoms with E-state index in [-0.39, 0.29) is 31.1 Å². The van der Waals surface area contributed by atoms with Gasteiger partial charge in [0, 0.05) is 19.3 Å². The molecule has 0 aliphatic rings. The lowest BCUT2D eigenvalue weighted by Crippen LogP contribution is -2.30. The van der Waals surface area contributed by atoms with Crippen molar-refractivity contribution < 1.29 is 28.6 Å². The number of carbonyl (C=O) groups excluding carboxylic acids is 3.